The molecule has 0 aliphatic rings. The summed E-state index contributed by atoms with van der Waals surface area (Å²) in [6.45, 7) is 3.27. The third-order valence-electron chi connectivity index (χ3n) is 6.65. The van der Waals surface area contributed by atoms with Crippen molar-refractivity contribution in [3.63, 3.8) is 0 Å². The van der Waals surface area contributed by atoms with Crippen molar-refractivity contribution in [1.29, 1.82) is 0 Å². The number of ether oxygens (including phenoxy) is 1. The Morgan fingerprint density at radius 2 is 1.30 bits per heavy atom. The number of allylic oxidation sites excluding steroid dienone is 1. The van der Waals surface area contributed by atoms with Crippen LogP contribution in [0.3, 0.4) is 0 Å². The zero-order chi connectivity index (χ0) is 27.7. The fraction of sp³-hybridized carbons (Fsp3) is 0.897. The molecule has 1 amide bonds. The van der Waals surface area contributed by atoms with E-state index in [1.807, 2.05) is 13.0 Å². The maximum absolute atomic E-state index is 12.3. The first-order chi connectivity index (χ1) is 17.9. The lowest BCUT2D eigenvalue weighted by Gasteiger charge is -2.28. The molecule has 0 aliphatic heterocycles. The Balaban J connectivity index is 4.39. The standard InChI is InChI=1S/C29H57NO7/c1-3-5-7-9-10-11-12-13-14-15-16-17-19-25(32)29(36)24(22-37-23-27(34)26(33)21-31)30-28(35)20-18-8-6-4-2/h8,18,24-27,29,31-34,36H,3-7,9-17,19-23H2,1-2H3,(H,30,35)/t24-,25+,26?,27+,29-/m0/s1. The minimum Gasteiger partial charge on any atom is -0.394 e. The second kappa shape index (κ2) is 25.3. The van der Waals surface area contributed by atoms with Gasteiger partial charge in [0.25, 0.3) is 0 Å². The summed E-state index contributed by atoms with van der Waals surface area (Å²) in [5.41, 5.74) is 0. The quantitative estimate of drug-likeness (QED) is 0.0738. The zero-order valence-corrected chi connectivity index (χ0v) is 23.5. The van der Waals surface area contributed by atoms with Crippen LogP contribution in [0.2, 0.25) is 0 Å². The first kappa shape index (κ1) is 36.0. The lowest BCUT2D eigenvalue weighted by atomic mass is 9.99. The fourth-order valence-electron chi connectivity index (χ4n) is 4.15. The molecule has 0 aromatic rings. The molecule has 220 valence electrons. The highest BCUT2D eigenvalue weighted by molar-refractivity contribution is 5.77. The van der Waals surface area contributed by atoms with Crippen LogP contribution in [0.4, 0.5) is 0 Å². The van der Waals surface area contributed by atoms with Gasteiger partial charge in [0.05, 0.1) is 32.0 Å². The lowest BCUT2D eigenvalue weighted by molar-refractivity contribution is -0.124. The number of hydrogen-bond donors (Lipinski definition) is 6. The number of carbonyl (C=O) groups is 1. The van der Waals surface area contributed by atoms with Crippen LogP contribution in [-0.4, -0.2) is 81.7 Å². The predicted molar refractivity (Wildman–Crippen MR) is 148 cm³/mol. The molecule has 5 atom stereocenters. The van der Waals surface area contributed by atoms with Gasteiger partial charge in [-0.3, -0.25) is 4.79 Å². The molecule has 0 heterocycles. The van der Waals surface area contributed by atoms with Gasteiger partial charge in [0, 0.05) is 6.42 Å². The average Bonchev–Trinajstić information content (AvgIpc) is 2.89. The van der Waals surface area contributed by atoms with E-state index >= 15 is 0 Å². The summed E-state index contributed by atoms with van der Waals surface area (Å²) in [4.78, 5) is 12.3. The van der Waals surface area contributed by atoms with Gasteiger partial charge in [-0.25, -0.2) is 0 Å². The van der Waals surface area contributed by atoms with E-state index in [0.717, 1.165) is 32.1 Å². The van der Waals surface area contributed by atoms with E-state index in [-0.39, 0.29) is 25.5 Å². The Kier molecular flexibility index (Phi) is 24.6. The molecule has 0 aliphatic carbocycles. The molecular weight excluding hydrogens is 474 g/mol. The Bertz CT molecular complexity index is 546. The highest BCUT2D eigenvalue weighted by atomic mass is 16.5. The van der Waals surface area contributed by atoms with Crippen LogP contribution in [0, 0.1) is 0 Å². The monoisotopic (exact) mass is 531 g/mol. The van der Waals surface area contributed by atoms with Crippen molar-refractivity contribution in [3.8, 4) is 0 Å². The van der Waals surface area contributed by atoms with Crippen molar-refractivity contribution in [2.24, 2.45) is 0 Å². The van der Waals surface area contributed by atoms with Crippen LogP contribution in [0.25, 0.3) is 0 Å². The Hall–Kier alpha value is -1.03. The van der Waals surface area contributed by atoms with Crippen molar-refractivity contribution in [2.45, 2.75) is 147 Å². The molecule has 0 saturated heterocycles. The van der Waals surface area contributed by atoms with Crippen LogP contribution in [0.5, 0.6) is 0 Å². The summed E-state index contributed by atoms with van der Waals surface area (Å²) in [5.74, 6) is -0.298. The number of amides is 1. The van der Waals surface area contributed by atoms with Gasteiger partial charge in [0.1, 0.15) is 18.3 Å². The molecule has 0 spiro atoms. The molecule has 37 heavy (non-hydrogen) atoms. The molecular formula is C29H57NO7. The lowest BCUT2D eigenvalue weighted by Crippen LogP contribution is -2.51. The third-order valence-corrected chi connectivity index (χ3v) is 6.65. The summed E-state index contributed by atoms with van der Waals surface area (Å²) in [5, 5.41) is 52.1. The Morgan fingerprint density at radius 3 is 1.84 bits per heavy atom. The van der Waals surface area contributed by atoms with Crippen molar-refractivity contribution in [3.05, 3.63) is 12.2 Å². The predicted octanol–water partition coefficient (Wildman–Crippen LogP) is 3.76. The molecule has 1 unspecified atom stereocenters. The topological polar surface area (TPSA) is 139 Å². The van der Waals surface area contributed by atoms with Gasteiger partial charge in [-0.05, 0) is 12.8 Å². The maximum atomic E-state index is 12.3. The molecule has 8 nitrogen and oxygen atoms in total. The van der Waals surface area contributed by atoms with E-state index in [9.17, 15) is 25.2 Å². The Morgan fingerprint density at radius 1 is 0.730 bits per heavy atom. The van der Waals surface area contributed by atoms with Gasteiger partial charge in [-0.1, -0.05) is 109 Å². The van der Waals surface area contributed by atoms with Crippen LogP contribution in [0.1, 0.15) is 117 Å². The number of nitrogens with one attached hydrogen (secondary N) is 1. The summed E-state index contributed by atoms with van der Waals surface area (Å²) in [7, 11) is 0. The van der Waals surface area contributed by atoms with Crippen LogP contribution >= 0.6 is 0 Å². The van der Waals surface area contributed by atoms with Crippen LogP contribution < -0.4 is 5.32 Å². The van der Waals surface area contributed by atoms with Crippen molar-refractivity contribution in [1.82, 2.24) is 5.32 Å². The van der Waals surface area contributed by atoms with E-state index in [4.69, 9.17) is 9.84 Å². The second-order valence-corrected chi connectivity index (χ2v) is 10.2. The molecule has 8 heteroatoms. The van der Waals surface area contributed by atoms with Gasteiger partial charge < -0.3 is 35.6 Å². The first-order valence-corrected chi connectivity index (χ1v) is 14.7. The molecule has 6 N–H and O–H groups in total. The fourth-order valence-corrected chi connectivity index (χ4v) is 4.15. The highest BCUT2D eigenvalue weighted by Gasteiger charge is 2.28. The number of carbonyl (C=O) groups excluding carboxylic acids is 1. The number of unbranched alkanes of at least 4 members (excludes halogenated alkanes) is 12. The van der Waals surface area contributed by atoms with Crippen LogP contribution in [-0.2, 0) is 9.53 Å². The van der Waals surface area contributed by atoms with Gasteiger partial charge in [-0.2, -0.15) is 0 Å². The second-order valence-electron chi connectivity index (χ2n) is 10.2. The molecule has 0 bridgehead atoms. The van der Waals surface area contributed by atoms with Gasteiger partial charge in [-0.15, -0.1) is 0 Å². The summed E-state index contributed by atoms with van der Waals surface area (Å²) in [6, 6.07) is -0.863. The molecule has 0 fully saturated rings. The largest absolute Gasteiger partial charge is 0.394 e. The summed E-state index contributed by atoms with van der Waals surface area (Å²) >= 11 is 0. The van der Waals surface area contributed by atoms with Crippen molar-refractivity contribution >= 4 is 5.91 Å². The third kappa shape index (κ3) is 20.6. The highest BCUT2D eigenvalue weighted by Crippen LogP contribution is 2.15. The van der Waals surface area contributed by atoms with Crippen molar-refractivity contribution in [2.75, 3.05) is 19.8 Å². The van der Waals surface area contributed by atoms with Crippen molar-refractivity contribution < 1.29 is 35.1 Å². The summed E-state index contributed by atoms with van der Waals surface area (Å²) in [6.07, 6.45) is 15.9. The minimum absolute atomic E-state index is 0.143. The van der Waals surface area contributed by atoms with Gasteiger partial charge in [0.2, 0.25) is 5.91 Å². The van der Waals surface area contributed by atoms with Gasteiger partial charge in [0.15, 0.2) is 0 Å². The number of rotatable bonds is 26. The van der Waals surface area contributed by atoms with E-state index in [0.29, 0.717) is 6.42 Å². The number of hydrogen-bond acceptors (Lipinski definition) is 7. The number of aliphatic hydroxyl groups excluding tert-OH is 5. The first-order valence-electron chi connectivity index (χ1n) is 14.7. The van der Waals surface area contributed by atoms with E-state index < -0.39 is 37.1 Å². The number of aliphatic hydroxyl groups is 5. The zero-order valence-electron chi connectivity index (χ0n) is 23.5. The summed E-state index contributed by atoms with van der Waals surface area (Å²) < 4.78 is 5.39. The molecule has 0 rings (SSSR count). The van der Waals surface area contributed by atoms with E-state index in [2.05, 4.69) is 12.2 Å². The Labute approximate surface area is 225 Å². The van der Waals surface area contributed by atoms with Crippen LogP contribution in [0.15, 0.2) is 12.2 Å². The molecule has 0 saturated carbocycles. The normalized spacial score (nSPS) is 16.0. The average molecular weight is 532 g/mol. The minimum atomic E-state index is -1.34. The van der Waals surface area contributed by atoms with E-state index in [1.54, 1.807) is 6.08 Å². The molecule has 0 aromatic heterocycles. The maximum Gasteiger partial charge on any atom is 0.224 e. The van der Waals surface area contributed by atoms with Gasteiger partial charge >= 0.3 is 0 Å². The SMILES string of the molecule is CCCC=CCC(=O)N[C@@H](COC[C@@H](O)C(O)CO)[C@H](O)[C@H](O)CCCCCCCCCCCCCC. The van der Waals surface area contributed by atoms with E-state index in [1.165, 1.54) is 57.8 Å². The molecule has 0 aromatic carbocycles. The smallest absolute Gasteiger partial charge is 0.224 e. The molecule has 0 radical (unpaired) electrons.